The first-order valence-corrected chi connectivity index (χ1v) is 5.50. The van der Waals surface area contributed by atoms with Gasteiger partial charge in [-0.15, -0.1) is 5.10 Å². The van der Waals surface area contributed by atoms with Gasteiger partial charge in [0, 0.05) is 12.1 Å². The van der Waals surface area contributed by atoms with Crippen LogP contribution in [0.3, 0.4) is 0 Å². The summed E-state index contributed by atoms with van der Waals surface area (Å²) in [7, 11) is 0. The molecular weight excluding hydrogens is 190 g/mol. The van der Waals surface area contributed by atoms with E-state index in [2.05, 4.69) is 39.7 Å². The molecule has 0 radical (unpaired) electrons. The molecule has 1 fully saturated rings. The Kier molecular flexibility index (Phi) is 2.99. The van der Waals surface area contributed by atoms with Gasteiger partial charge in [0.05, 0.1) is 6.20 Å². The number of nitrogens with zero attached hydrogens (tertiary/aromatic N) is 3. The minimum atomic E-state index is 0.412. The van der Waals surface area contributed by atoms with Crippen molar-refractivity contribution in [2.24, 2.45) is 0 Å². The van der Waals surface area contributed by atoms with Gasteiger partial charge in [-0.25, -0.2) is 0 Å². The van der Waals surface area contributed by atoms with Crippen LogP contribution in [0.5, 0.6) is 0 Å². The van der Waals surface area contributed by atoms with Crippen LogP contribution >= 0.6 is 0 Å². The molecule has 0 bridgehead atoms. The average Bonchev–Trinajstić information content (AvgIpc) is 3.02. The molecule has 2 N–H and O–H groups in total. The smallest absolute Gasteiger partial charge is 0.244 e. The zero-order valence-corrected chi connectivity index (χ0v) is 9.20. The van der Waals surface area contributed by atoms with E-state index in [-0.39, 0.29) is 0 Å². The highest BCUT2D eigenvalue weighted by molar-refractivity contribution is 5.38. The van der Waals surface area contributed by atoms with Crippen LogP contribution in [-0.4, -0.2) is 27.3 Å². The van der Waals surface area contributed by atoms with Gasteiger partial charge in [-0.1, -0.05) is 6.92 Å². The van der Waals surface area contributed by atoms with Gasteiger partial charge >= 0.3 is 0 Å². The van der Waals surface area contributed by atoms with Crippen LogP contribution in [0.1, 0.15) is 33.1 Å². The van der Waals surface area contributed by atoms with Gasteiger partial charge in [-0.2, -0.15) is 10.1 Å². The third-order valence-electron chi connectivity index (χ3n) is 2.48. The van der Waals surface area contributed by atoms with Gasteiger partial charge < -0.3 is 10.6 Å². The quantitative estimate of drug-likeness (QED) is 0.768. The van der Waals surface area contributed by atoms with Crippen molar-refractivity contribution in [1.29, 1.82) is 0 Å². The highest BCUT2D eigenvalue weighted by Crippen LogP contribution is 2.22. The Labute approximate surface area is 89.7 Å². The van der Waals surface area contributed by atoms with Crippen LogP contribution in [0.2, 0.25) is 0 Å². The molecule has 0 spiro atoms. The molecule has 1 aromatic rings. The average molecular weight is 207 g/mol. The zero-order valence-electron chi connectivity index (χ0n) is 9.20. The van der Waals surface area contributed by atoms with Gasteiger partial charge in [-0.3, -0.25) is 0 Å². The summed E-state index contributed by atoms with van der Waals surface area (Å²) >= 11 is 0. The zero-order chi connectivity index (χ0) is 10.7. The predicted molar refractivity (Wildman–Crippen MR) is 59.8 cm³/mol. The largest absolute Gasteiger partial charge is 0.366 e. The maximum absolute atomic E-state index is 4.35. The van der Waals surface area contributed by atoms with Crippen LogP contribution in [0.25, 0.3) is 0 Å². The molecule has 82 valence electrons. The fraction of sp³-hybridized carbons (Fsp3) is 0.700. The van der Waals surface area contributed by atoms with E-state index in [9.17, 15) is 0 Å². The fourth-order valence-corrected chi connectivity index (χ4v) is 1.20. The lowest BCUT2D eigenvalue weighted by atomic mass is 10.3. The van der Waals surface area contributed by atoms with Crippen molar-refractivity contribution in [3.63, 3.8) is 0 Å². The first kappa shape index (κ1) is 10.1. The third kappa shape index (κ3) is 3.04. The van der Waals surface area contributed by atoms with E-state index in [1.54, 1.807) is 6.20 Å². The minimum Gasteiger partial charge on any atom is -0.366 e. The fourth-order valence-electron chi connectivity index (χ4n) is 1.20. The molecule has 5 heteroatoms. The first-order chi connectivity index (χ1) is 7.28. The number of rotatable bonds is 5. The van der Waals surface area contributed by atoms with E-state index >= 15 is 0 Å². The van der Waals surface area contributed by atoms with E-state index in [1.807, 2.05) is 0 Å². The van der Waals surface area contributed by atoms with Gasteiger partial charge in [0.2, 0.25) is 5.95 Å². The molecule has 1 aliphatic carbocycles. The molecule has 1 aliphatic rings. The Bertz CT molecular complexity index is 323. The van der Waals surface area contributed by atoms with Crippen molar-refractivity contribution >= 4 is 11.8 Å². The molecule has 2 rings (SSSR count). The number of hydrogen-bond donors (Lipinski definition) is 2. The number of hydrogen-bond acceptors (Lipinski definition) is 5. The second-order valence-electron chi connectivity index (χ2n) is 4.04. The molecular formula is C10H17N5. The third-order valence-corrected chi connectivity index (χ3v) is 2.48. The highest BCUT2D eigenvalue weighted by Gasteiger charge is 2.22. The lowest BCUT2D eigenvalue weighted by Crippen LogP contribution is -2.16. The molecule has 15 heavy (non-hydrogen) atoms. The summed E-state index contributed by atoms with van der Waals surface area (Å²) in [4.78, 5) is 4.35. The predicted octanol–water partition coefficient (Wildman–Crippen LogP) is 1.66. The molecule has 1 unspecified atom stereocenters. The van der Waals surface area contributed by atoms with Crippen molar-refractivity contribution in [3.8, 4) is 0 Å². The van der Waals surface area contributed by atoms with Crippen molar-refractivity contribution in [2.75, 3.05) is 10.6 Å². The topological polar surface area (TPSA) is 62.7 Å². The monoisotopic (exact) mass is 207 g/mol. The Balaban J connectivity index is 1.97. The normalized spacial score (nSPS) is 17.2. The molecule has 1 aromatic heterocycles. The molecule has 5 nitrogen and oxygen atoms in total. The van der Waals surface area contributed by atoms with Gasteiger partial charge in [0.15, 0.2) is 5.82 Å². The summed E-state index contributed by atoms with van der Waals surface area (Å²) in [5.74, 6) is 1.42. The number of anilines is 2. The molecule has 0 amide bonds. The first-order valence-electron chi connectivity index (χ1n) is 5.50. The molecule has 1 atom stereocenters. The van der Waals surface area contributed by atoms with E-state index < -0.39 is 0 Å². The van der Waals surface area contributed by atoms with Crippen molar-refractivity contribution < 1.29 is 0 Å². The minimum absolute atomic E-state index is 0.412. The maximum atomic E-state index is 4.35. The Morgan fingerprint density at radius 2 is 2.33 bits per heavy atom. The van der Waals surface area contributed by atoms with Crippen molar-refractivity contribution in [1.82, 2.24) is 15.2 Å². The summed E-state index contributed by atoms with van der Waals surface area (Å²) < 4.78 is 0. The second-order valence-corrected chi connectivity index (χ2v) is 4.04. The number of aromatic nitrogens is 3. The SMILES string of the molecule is CCC(C)Nc1cnnc(NC2CC2)n1. The van der Waals surface area contributed by atoms with Crippen molar-refractivity contribution in [2.45, 2.75) is 45.2 Å². The van der Waals surface area contributed by atoms with Gasteiger partial charge in [-0.05, 0) is 26.2 Å². The Morgan fingerprint density at radius 3 is 3.00 bits per heavy atom. The lowest BCUT2D eigenvalue weighted by molar-refractivity contribution is 0.755. The Morgan fingerprint density at radius 1 is 1.53 bits per heavy atom. The summed E-state index contributed by atoms with van der Waals surface area (Å²) in [6.07, 6.45) is 5.15. The summed E-state index contributed by atoms with van der Waals surface area (Å²) in [5.41, 5.74) is 0. The van der Waals surface area contributed by atoms with E-state index in [4.69, 9.17) is 0 Å². The van der Waals surface area contributed by atoms with Crippen LogP contribution < -0.4 is 10.6 Å². The standard InChI is InChI=1S/C10H17N5/c1-3-7(2)12-9-6-11-15-10(14-9)13-8-4-5-8/h6-8H,3-5H2,1-2H3,(H2,12,13,14,15). The molecule has 1 heterocycles. The summed E-state index contributed by atoms with van der Waals surface area (Å²) in [5, 5.41) is 14.4. The van der Waals surface area contributed by atoms with Crippen LogP contribution in [0.4, 0.5) is 11.8 Å². The van der Waals surface area contributed by atoms with Crippen LogP contribution in [0, 0.1) is 0 Å². The lowest BCUT2D eigenvalue weighted by Gasteiger charge is -2.11. The maximum Gasteiger partial charge on any atom is 0.244 e. The number of nitrogens with one attached hydrogen (secondary N) is 2. The summed E-state index contributed by atoms with van der Waals surface area (Å²) in [6.45, 7) is 4.26. The van der Waals surface area contributed by atoms with E-state index in [1.165, 1.54) is 12.8 Å². The highest BCUT2D eigenvalue weighted by atomic mass is 15.3. The second kappa shape index (κ2) is 4.42. The van der Waals surface area contributed by atoms with Crippen molar-refractivity contribution in [3.05, 3.63) is 6.20 Å². The van der Waals surface area contributed by atoms with Crippen LogP contribution in [0.15, 0.2) is 6.20 Å². The van der Waals surface area contributed by atoms with Crippen LogP contribution in [-0.2, 0) is 0 Å². The molecule has 0 aromatic carbocycles. The molecule has 0 saturated heterocycles. The molecule has 0 aliphatic heterocycles. The van der Waals surface area contributed by atoms with Gasteiger partial charge in [0.1, 0.15) is 0 Å². The van der Waals surface area contributed by atoms with Gasteiger partial charge in [0.25, 0.3) is 0 Å². The molecule has 1 saturated carbocycles. The Hall–Kier alpha value is -1.39. The van der Waals surface area contributed by atoms with E-state index in [0.29, 0.717) is 18.0 Å². The van der Waals surface area contributed by atoms with E-state index in [0.717, 1.165) is 12.2 Å². The summed E-state index contributed by atoms with van der Waals surface area (Å²) in [6, 6.07) is 0.973.